The molecule has 4 fully saturated rings. The first-order chi connectivity index (χ1) is 11.8. The Hall–Kier alpha value is -0.650. The number of amides is 1. The molecule has 1 aliphatic carbocycles. The smallest absolute Gasteiger partial charge is 0.240 e. The molecule has 0 bridgehead atoms. The van der Waals surface area contributed by atoms with E-state index in [1.165, 1.54) is 19.3 Å². The van der Waals surface area contributed by atoms with Crippen molar-refractivity contribution in [2.24, 2.45) is 0 Å². The Labute approximate surface area is 145 Å². The van der Waals surface area contributed by atoms with Crippen LogP contribution in [0.15, 0.2) is 0 Å². The molecule has 1 amide bonds. The zero-order valence-electron chi connectivity index (χ0n) is 14.9. The van der Waals surface area contributed by atoms with Gasteiger partial charge in [-0.25, -0.2) is 0 Å². The number of likely N-dealkylation sites (tertiary alicyclic amines) is 1. The van der Waals surface area contributed by atoms with Gasteiger partial charge in [0.1, 0.15) is 0 Å². The van der Waals surface area contributed by atoms with E-state index in [1.807, 2.05) is 0 Å². The molecule has 0 aromatic carbocycles. The number of ether oxygens (including phenoxy) is 2. The van der Waals surface area contributed by atoms with Gasteiger partial charge in [0.05, 0.1) is 18.2 Å². The number of carbonyl (C=O) groups is 1. The number of rotatable bonds is 2. The van der Waals surface area contributed by atoms with E-state index in [2.05, 4.69) is 9.80 Å². The van der Waals surface area contributed by atoms with Crippen LogP contribution in [0.3, 0.4) is 0 Å². The van der Waals surface area contributed by atoms with Gasteiger partial charge in [-0.2, -0.15) is 0 Å². The van der Waals surface area contributed by atoms with Crippen LogP contribution in [0.1, 0.15) is 57.8 Å². The molecule has 3 heterocycles. The number of hydrogen-bond acceptors (Lipinski definition) is 4. The minimum absolute atomic E-state index is 0.0335. The summed E-state index contributed by atoms with van der Waals surface area (Å²) in [5.74, 6) is 0.368. The fraction of sp³-hybridized carbons (Fsp3) is 0.947. The molecule has 5 nitrogen and oxygen atoms in total. The Morgan fingerprint density at radius 2 is 1.71 bits per heavy atom. The monoisotopic (exact) mass is 336 g/mol. The number of nitrogens with zero attached hydrogens (tertiary/aromatic N) is 2. The minimum Gasteiger partial charge on any atom is -0.381 e. The molecule has 3 aliphatic heterocycles. The van der Waals surface area contributed by atoms with Gasteiger partial charge in [-0.15, -0.1) is 0 Å². The molecule has 4 aliphatic rings. The van der Waals surface area contributed by atoms with Gasteiger partial charge in [-0.3, -0.25) is 9.69 Å². The minimum atomic E-state index is -0.0335. The quantitative estimate of drug-likeness (QED) is 0.775. The first-order valence-corrected chi connectivity index (χ1v) is 10.0. The highest BCUT2D eigenvalue weighted by Gasteiger charge is 2.43. The molecule has 24 heavy (non-hydrogen) atoms. The van der Waals surface area contributed by atoms with Crippen LogP contribution >= 0.6 is 0 Å². The van der Waals surface area contributed by atoms with Crippen LogP contribution in [0, 0.1) is 0 Å². The third-order valence-electron chi connectivity index (χ3n) is 6.56. The molecule has 0 aromatic heterocycles. The van der Waals surface area contributed by atoms with Crippen LogP contribution in [-0.4, -0.2) is 72.8 Å². The second kappa shape index (κ2) is 7.30. The number of hydrogen-bond donors (Lipinski definition) is 0. The maximum absolute atomic E-state index is 13.3. The molecule has 0 radical (unpaired) electrons. The van der Waals surface area contributed by atoms with Crippen LogP contribution < -0.4 is 0 Å². The van der Waals surface area contributed by atoms with Gasteiger partial charge in [-0.1, -0.05) is 19.3 Å². The van der Waals surface area contributed by atoms with Crippen LogP contribution in [0.2, 0.25) is 0 Å². The van der Waals surface area contributed by atoms with Gasteiger partial charge in [-0.05, 0) is 45.1 Å². The van der Waals surface area contributed by atoms with E-state index >= 15 is 0 Å². The maximum atomic E-state index is 13.3. The normalized spacial score (nSPS) is 32.3. The van der Waals surface area contributed by atoms with E-state index < -0.39 is 0 Å². The van der Waals surface area contributed by atoms with Crippen molar-refractivity contribution in [3.63, 3.8) is 0 Å². The summed E-state index contributed by atoms with van der Waals surface area (Å²) in [6, 6.07) is 0.645. The first-order valence-electron chi connectivity index (χ1n) is 10.0. The third kappa shape index (κ3) is 3.35. The summed E-state index contributed by atoms with van der Waals surface area (Å²) >= 11 is 0. The fourth-order valence-corrected chi connectivity index (χ4v) is 5.25. The molecular formula is C19H32N2O3. The second-order valence-corrected chi connectivity index (χ2v) is 8.09. The topological polar surface area (TPSA) is 42.0 Å². The molecule has 3 saturated heterocycles. The Morgan fingerprint density at radius 1 is 0.917 bits per heavy atom. The van der Waals surface area contributed by atoms with E-state index in [9.17, 15) is 4.79 Å². The number of carbonyl (C=O) groups excluding carboxylic acids is 1. The van der Waals surface area contributed by atoms with Crippen molar-refractivity contribution in [2.75, 3.05) is 39.5 Å². The van der Waals surface area contributed by atoms with E-state index in [0.29, 0.717) is 11.9 Å². The van der Waals surface area contributed by atoms with Gasteiger partial charge in [0.2, 0.25) is 5.91 Å². The van der Waals surface area contributed by atoms with Crippen molar-refractivity contribution in [1.29, 1.82) is 0 Å². The van der Waals surface area contributed by atoms with E-state index in [0.717, 1.165) is 78.0 Å². The van der Waals surface area contributed by atoms with Gasteiger partial charge in [0.25, 0.3) is 0 Å². The summed E-state index contributed by atoms with van der Waals surface area (Å²) in [5.41, 5.74) is -0.0335. The summed E-state index contributed by atoms with van der Waals surface area (Å²) in [6.07, 6.45) is 10.4. The molecule has 4 rings (SSSR count). The van der Waals surface area contributed by atoms with Crippen molar-refractivity contribution < 1.29 is 14.3 Å². The summed E-state index contributed by atoms with van der Waals surface area (Å²) in [4.78, 5) is 17.9. The van der Waals surface area contributed by atoms with Crippen LogP contribution in [-0.2, 0) is 14.3 Å². The molecular weight excluding hydrogens is 304 g/mol. The Balaban J connectivity index is 1.42. The molecule has 1 saturated carbocycles. The Morgan fingerprint density at radius 3 is 2.50 bits per heavy atom. The zero-order chi connectivity index (χ0) is 16.4. The molecule has 5 heteroatoms. The average molecular weight is 336 g/mol. The van der Waals surface area contributed by atoms with E-state index in [4.69, 9.17) is 9.47 Å². The predicted octanol–water partition coefficient (Wildman–Crippen LogP) is 2.19. The predicted molar refractivity (Wildman–Crippen MR) is 91.9 cm³/mol. The van der Waals surface area contributed by atoms with E-state index in [-0.39, 0.29) is 11.6 Å². The van der Waals surface area contributed by atoms with Gasteiger partial charge < -0.3 is 14.4 Å². The molecule has 136 valence electrons. The highest BCUT2D eigenvalue weighted by atomic mass is 16.5. The highest BCUT2D eigenvalue weighted by molar-refractivity contribution is 5.82. The van der Waals surface area contributed by atoms with E-state index in [1.54, 1.807) is 0 Å². The maximum Gasteiger partial charge on any atom is 0.240 e. The summed E-state index contributed by atoms with van der Waals surface area (Å²) in [5, 5.41) is 0. The van der Waals surface area contributed by atoms with Crippen molar-refractivity contribution in [1.82, 2.24) is 9.80 Å². The first kappa shape index (κ1) is 16.8. The van der Waals surface area contributed by atoms with Crippen molar-refractivity contribution >= 4 is 5.91 Å². The van der Waals surface area contributed by atoms with Crippen molar-refractivity contribution in [3.05, 3.63) is 0 Å². The highest BCUT2D eigenvalue weighted by Crippen LogP contribution is 2.35. The molecule has 1 atom stereocenters. The molecule has 1 spiro atoms. The van der Waals surface area contributed by atoms with Crippen molar-refractivity contribution in [3.8, 4) is 0 Å². The van der Waals surface area contributed by atoms with Crippen LogP contribution in [0.25, 0.3) is 0 Å². The van der Waals surface area contributed by atoms with Crippen LogP contribution in [0.4, 0.5) is 0 Å². The SMILES string of the molecule is O=C([C@H]1CCCN1C1CCOCC1)N1CCOC2(CCCCC2)C1. The largest absolute Gasteiger partial charge is 0.381 e. The summed E-state index contributed by atoms with van der Waals surface area (Å²) in [6.45, 7) is 5.10. The van der Waals surface area contributed by atoms with Crippen molar-refractivity contribution in [2.45, 2.75) is 75.5 Å². The summed E-state index contributed by atoms with van der Waals surface area (Å²) < 4.78 is 11.7. The lowest BCUT2D eigenvalue weighted by atomic mass is 9.83. The standard InChI is InChI=1S/C19H32N2O3/c22-18(17-5-4-10-21(17)16-6-12-23-13-7-16)20-11-14-24-19(15-20)8-2-1-3-9-19/h16-17H,1-15H2/t17-/m1/s1. The Bertz CT molecular complexity index is 438. The lowest BCUT2D eigenvalue weighted by molar-refractivity contribution is -0.161. The van der Waals surface area contributed by atoms with Gasteiger partial charge in [0.15, 0.2) is 0 Å². The van der Waals surface area contributed by atoms with Crippen LogP contribution in [0.5, 0.6) is 0 Å². The van der Waals surface area contributed by atoms with Gasteiger partial charge >= 0.3 is 0 Å². The summed E-state index contributed by atoms with van der Waals surface area (Å²) in [7, 11) is 0. The lowest BCUT2D eigenvalue weighted by Crippen LogP contribution is -2.58. The third-order valence-corrected chi connectivity index (χ3v) is 6.56. The second-order valence-electron chi connectivity index (χ2n) is 8.09. The molecule has 0 N–H and O–H groups in total. The fourth-order valence-electron chi connectivity index (χ4n) is 5.25. The Kier molecular flexibility index (Phi) is 5.11. The number of morpholine rings is 1. The average Bonchev–Trinajstić information content (AvgIpc) is 3.12. The van der Waals surface area contributed by atoms with Gasteiger partial charge in [0, 0.05) is 32.3 Å². The lowest BCUT2D eigenvalue weighted by Gasteiger charge is -2.46. The molecule has 0 unspecified atom stereocenters. The zero-order valence-corrected chi connectivity index (χ0v) is 14.9. The molecule has 0 aromatic rings.